The Morgan fingerprint density at radius 1 is 0.484 bits per heavy atom. The maximum absolute atomic E-state index is 14.0. The zero-order chi connectivity index (χ0) is 47.3. The van der Waals surface area contributed by atoms with Gasteiger partial charge in [-0.1, -0.05) is 123 Å². The van der Waals surface area contributed by atoms with Crippen molar-refractivity contribution in [3.63, 3.8) is 0 Å². The number of methoxy groups -OCH3 is 4. The minimum Gasteiger partial charge on any atom is -0.465 e. The SMILES string of the molecule is COC(=O)C1=C(C(=O)OC)N(S(=O)(=O)c2ccc(C)cc2)[C@H](C(C)C)c2ccccc2S1.COC(=O)C1=C(C(=O)OC)N(S(=O)(=O)c2ccc(C)cc2)[C@H](C(C)C)c2ccccc2S1. The van der Waals surface area contributed by atoms with Crippen LogP contribution in [-0.4, -0.2) is 77.8 Å². The highest BCUT2D eigenvalue weighted by atomic mass is 32.2. The van der Waals surface area contributed by atoms with Gasteiger partial charge in [-0.3, -0.25) is 0 Å². The van der Waals surface area contributed by atoms with Crippen LogP contribution in [0, 0.1) is 25.7 Å². The summed E-state index contributed by atoms with van der Waals surface area (Å²) in [6, 6.07) is 25.5. The van der Waals surface area contributed by atoms with Crippen molar-refractivity contribution >= 4 is 67.4 Å². The number of hydrogen-bond acceptors (Lipinski definition) is 14. The largest absolute Gasteiger partial charge is 0.465 e. The van der Waals surface area contributed by atoms with Crippen LogP contribution < -0.4 is 0 Å². The number of thioether (sulfide) groups is 2. The van der Waals surface area contributed by atoms with Crippen LogP contribution in [-0.2, 0) is 58.2 Å². The van der Waals surface area contributed by atoms with Crippen LogP contribution in [0.4, 0.5) is 0 Å². The van der Waals surface area contributed by atoms with Gasteiger partial charge in [-0.05, 0) is 73.2 Å². The normalized spacial score (nSPS) is 16.4. The molecule has 0 N–H and O–H groups in total. The van der Waals surface area contributed by atoms with Crippen molar-refractivity contribution in [2.75, 3.05) is 28.4 Å². The van der Waals surface area contributed by atoms with E-state index in [4.69, 9.17) is 18.9 Å². The summed E-state index contributed by atoms with van der Waals surface area (Å²) in [4.78, 5) is 52.6. The number of ether oxygens (including phenoxy) is 4. The highest BCUT2D eigenvalue weighted by molar-refractivity contribution is 8.04. The molecule has 2 atom stereocenters. The molecule has 0 saturated heterocycles. The second-order valence-corrected chi connectivity index (χ2v) is 20.9. The average Bonchev–Trinajstić information content (AvgIpc) is 3.54. The number of benzene rings is 4. The Morgan fingerprint density at radius 2 is 0.781 bits per heavy atom. The first kappa shape index (κ1) is 49.5. The van der Waals surface area contributed by atoms with E-state index in [0.29, 0.717) is 20.9 Å². The third-order valence-electron chi connectivity index (χ3n) is 10.2. The zero-order valence-electron chi connectivity index (χ0n) is 37.0. The van der Waals surface area contributed by atoms with E-state index in [1.54, 1.807) is 72.8 Å². The van der Waals surface area contributed by atoms with Crippen molar-refractivity contribution in [3.05, 3.63) is 141 Å². The molecule has 2 aliphatic rings. The van der Waals surface area contributed by atoms with E-state index >= 15 is 0 Å². The van der Waals surface area contributed by atoms with Crippen LogP contribution in [0.1, 0.15) is 62.0 Å². The lowest BCUT2D eigenvalue weighted by atomic mass is 9.95. The summed E-state index contributed by atoms with van der Waals surface area (Å²) in [6.07, 6.45) is 0. The third-order valence-corrected chi connectivity index (χ3v) is 16.1. The lowest BCUT2D eigenvalue weighted by Crippen LogP contribution is -2.40. The van der Waals surface area contributed by atoms with Gasteiger partial charge in [0.1, 0.15) is 9.81 Å². The summed E-state index contributed by atoms with van der Waals surface area (Å²) in [5.74, 6) is -4.00. The monoisotopic (exact) mass is 950 g/mol. The van der Waals surface area contributed by atoms with E-state index in [0.717, 1.165) is 57.5 Å². The van der Waals surface area contributed by atoms with Gasteiger partial charge < -0.3 is 18.9 Å². The molecule has 340 valence electrons. The molecule has 2 heterocycles. The summed E-state index contributed by atoms with van der Waals surface area (Å²) in [6.45, 7) is 11.1. The molecule has 0 amide bonds. The smallest absolute Gasteiger partial charge is 0.356 e. The number of nitrogens with zero attached hydrogens (tertiary/aromatic N) is 2. The molecule has 0 spiro atoms. The van der Waals surface area contributed by atoms with Crippen LogP contribution in [0.2, 0.25) is 0 Å². The van der Waals surface area contributed by atoms with Crippen molar-refractivity contribution in [1.82, 2.24) is 8.61 Å². The first-order chi connectivity index (χ1) is 30.3. The molecule has 14 nitrogen and oxygen atoms in total. The van der Waals surface area contributed by atoms with E-state index in [1.807, 2.05) is 41.5 Å². The summed E-state index contributed by atoms with van der Waals surface area (Å²) in [7, 11) is -3.87. The maximum atomic E-state index is 14.0. The minimum atomic E-state index is -4.26. The second-order valence-electron chi connectivity index (χ2n) is 15.2. The highest BCUT2D eigenvalue weighted by Crippen LogP contribution is 2.49. The van der Waals surface area contributed by atoms with Crippen molar-refractivity contribution in [3.8, 4) is 0 Å². The lowest BCUT2D eigenvalue weighted by Gasteiger charge is -2.35. The van der Waals surface area contributed by atoms with Crippen LogP contribution in [0.3, 0.4) is 0 Å². The maximum Gasteiger partial charge on any atom is 0.356 e. The van der Waals surface area contributed by atoms with Crippen molar-refractivity contribution in [1.29, 1.82) is 0 Å². The molecule has 18 heteroatoms. The van der Waals surface area contributed by atoms with E-state index in [-0.39, 0.29) is 42.8 Å². The summed E-state index contributed by atoms with van der Waals surface area (Å²) < 4.78 is 77.7. The predicted octanol–water partition coefficient (Wildman–Crippen LogP) is 8.09. The number of rotatable bonds is 10. The third kappa shape index (κ3) is 9.89. The van der Waals surface area contributed by atoms with Gasteiger partial charge in [0.25, 0.3) is 20.0 Å². The van der Waals surface area contributed by atoms with Crippen LogP contribution in [0.25, 0.3) is 0 Å². The van der Waals surface area contributed by atoms with Gasteiger partial charge in [0, 0.05) is 9.79 Å². The van der Waals surface area contributed by atoms with Gasteiger partial charge >= 0.3 is 23.9 Å². The second kappa shape index (κ2) is 20.5. The molecule has 0 aliphatic carbocycles. The Bertz CT molecular complexity index is 2530. The molecule has 0 bridgehead atoms. The van der Waals surface area contributed by atoms with Gasteiger partial charge in [0.15, 0.2) is 11.4 Å². The molecule has 0 saturated carbocycles. The zero-order valence-corrected chi connectivity index (χ0v) is 40.2. The molecule has 0 unspecified atom stereocenters. The number of fused-ring (bicyclic) bond motifs is 2. The number of carbonyl (C=O) groups is 4. The first-order valence-corrected chi connectivity index (χ1v) is 24.4. The van der Waals surface area contributed by atoms with Crippen molar-refractivity contribution in [2.24, 2.45) is 11.8 Å². The number of aryl methyl sites for hydroxylation is 2. The molecule has 4 aromatic rings. The lowest BCUT2D eigenvalue weighted by molar-refractivity contribution is -0.140. The van der Waals surface area contributed by atoms with Gasteiger partial charge in [0.05, 0.1) is 50.3 Å². The molecule has 0 aromatic heterocycles. The molecule has 4 aromatic carbocycles. The van der Waals surface area contributed by atoms with Crippen molar-refractivity contribution in [2.45, 2.75) is 73.2 Å². The van der Waals surface area contributed by atoms with E-state index in [9.17, 15) is 36.0 Å². The fraction of sp³-hybridized carbons (Fsp3) is 0.304. The number of carbonyl (C=O) groups excluding carboxylic acids is 4. The Morgan fingerprint density at radius 3 is 1.06 bits per heavy atom. The van der Waals surface area contributed by atoms with E-state index in [2.05, 4.69) is 0 Å². The van der Waals surface area contributed by atoms with Gasteiger partial charge in [-0.15, -0.1) is 0 Å². The Labute approximate surface area is 383 Å². The van der Waals surface area contributed by atoms with Gasteiger partial charge in [0.2, 0.25) is 0 Å². The molecule has 0 radical (unpaired) electrons. The number of esters is 4. The standard InChI is InChI=1S/2C23H25NO6S2/c2*1-14(2)19-17-8-6-7-9-18(17)31-21(23(26)30-5)20(22(25)29-4)24(19)32(27,28)16-12-10-15(3)11-13-16/h2*6-14,19H,1-5H3/t2*19-/m11/s1. The average molecular weight is 951 g/mol. The Kier molecular flexibility index (Phi) is 15.9. The Hall–Kier alpha value is -5.56. The highest BCUT2D eigenvalue weighted by Gasteiger charge is 2.47. The molecular formula is C46H50N2O12S4. The van der Waals surface area contributed by atoms with Crippen molar-refractivity contribution < 1.29 is 55.0 Å². The number of hydrogen-bond donors (Lipinski definition) is 0. The molecule has 2 aliphatic heterocycles. The molecular weight excluding hydrogens is 901 g/mol. The molecule has 6 rings (SSSR count). The molecule has 0 fully saturated rings. The Balaban J connectivity index is 0.000000241. The predicted molar refractivity (Wildman–Crippen MR) is 242 cm³/mol. The quantitative estimate of drug-likeness (QED) is 0.110. The van der Waals surface area contributed by atoms with Gasteiger partial charge in [-0.2, -0.15) is 0 Å². The summed E-state index contributed by atoms with van der Waals surface area (Å²) in [5, 5.41) is 0. The van der Waals surface area contributed by atoms with E-state index < -0.39 is 56.0 Å². The fourth-order valence-corrected chi connectivity index (χ4v) is 13.0. The number of sulfonamides is 2. The topological polar surface area (TPSA) is 180 Å². The summed E-state index contributed by atoms with van der Waals surface area (Å²) >= 11 is 2.00. The summed E-state index contributed by atoms with van der Waals surface area (Å²) in [5.41, 5.74) is 2.42. The molecule has 64 heavy (non-hydrogen) atoms. The minimum absolute atomic E-state index is 0.00347. The van der Waals surface area contributed by atoms with E-state index in [1.165, 1.54) is 38.5 Å². The van der Waals surface area contributed by atoms with Gasteiger partial charge in [-0.25, -0.2) is 44.6 Å². The van der Waals surface area contributed by atoms with Crippen LogP contribution in [0.5, 0.6) is 0 Å². The van der Waals surface area contributed by atoms with Crippen LogP contribution in [0.15, 0.2) is 138 Å². The van der Waals surface area contributed by atoms with Crippen LogP contribution >= 0.6 is 23.5 Å². The fourth-order valence-electron chi connectivity index (χ4n) is 7.15. The first-order valence-electron chi connectivity index (χ1n) is 19.8.